The molecule has 0 aliphatic carbocycles. The first kappa shape index (κ1) is 12.2. The average molecular weight is 293 g/mol. The summed E-state index contributed by atoms with van der Waals surface area (Å²) < 4.78 is 3.19. The summed E-state index contributed by atoms with van der Waals surface area (Å²) in [5.41, 5.74) is 5.02. The molecular formula is C14H17BrN2. The first-order chi connectivity index (χ1) is 8.06. The molecule has 0 saturated carbocycles. The minimum atomic E-state index is 0.851. The zero-order valence-electron chi connectivity index (χ0n) is 10.4. The molecule has 0 spiro atoms. The molecule has 90 valence electrons. The third-order valence-corrected chi connectivity index (χ3v) is 3.42. The number of hydrogen-bond acceptors (Lipinski definition) is 1. The van der Waals surface area contributed by atoms with Gasteiger partial charge in [0.05, 0.1) is 5.69 Å². The van der Waals surface area contributed by atoms with Crippen molar-refractivity contribution in [2.75, 3.05) is 5.32 Å². The van der Waals surface area contributed by atoms with Gasteiger partial charge < -0.3 is 9.88 Å². The molecule has 0 atom stereocenters. The number of anilines is 1. The Morgan fingerprint density at radius 2 is 2.06 bits per heavy atom. The molecule has 0 radical (unpaired) electrons. The van der Waals surface area contributed by atoms with Crippen molar-refractivity contribution < 1.29 is 0 Å². The molecule has 0 fully saturated rings. The van der Waals surface area contributed by atoms with Crippen LogP contribution in [0.2, 0.25) is 0 Å². The number of nitrogens with zero attached hydrogens (tertiary/aromatic N) is 1. The van der Waals surface area contributed by atoms with Crippen LogP contribution in [0.5, 0.6) is 0 Å². The highest BCUT2D eigenvalue weighted by Gasteiger charge is 2.04. The van der Waals surface area contributed by atoms with Crippen molar-refractivity contribution in [3.05, 3.63) is 51.8 Å². The molecular weight excluding hydrogens is 276 g/mol. The van der Waals surface area contributed by atoms with Gasteiger partial charge in [-0.25, -0.2) is 0 Å². The van der Waals surface area contributed by atoms with Gasteiger partial charge in [0.25, 0.3) is 0 Å². The number of aryl methyl sites for hydroxylation is 3. The highest BCUT2D eigenvalue weighted by molar-refractivity contribution is 9.10. The van der Waals surface area contributed by atoms with E-state index in [1.165, 1.54) is 22.4 Å². The summed E-state index contributed by atoms with van der Waals surface area (Å²) >= 11 is 3.61. The lowest BCUT2D eigenvalue weighted by molar-refractivity contribution is 0.920. The van der Waals surface area contributed by atoms with Crippen LogP contribution in [0.1, 0.15) is 16.7 Å². The van der Waals surface area contributed by atoms with E-state index in [0.717, 1.165) is 11.0 Å². The van der Waals surface area contributed by atoms with Crippen LogP contribution in [0.3, 0.4) is 0 Å². The molecule has 1 heterocycles. The summed E-state index contributed by atoms with van der Waals surface area (Å²) in [5.74, 6) is 0. The largest absolute Gasteiger partial charge is 0.380 e. The van der Waals surface area contributed by atoms with Crippen LogP contribution in [-0.2, 0) is 13.6 Å². The van der Waals surface area contributed by atoms with E-state index in [1.54, 1.807) is 0 Å². The number of nitrogens with one attached hydrogen (secondary N) is 1. The van der Waals surface area contributed by atoms with Crippen LogP contribution in [0, 0.1) is 13.8 Å². The van der Waals surface area contributed by atoms with Crippen molar-refractivity contribution in [3.63, 3.8) is 0 Å². The molecule has 0 amide bonds. The van der Waals surface area contributed by atoms with Gasteiger partial charge in [0.1, 0.15) is 0 Å². The molecule has 1 N–H and O–H groups in total. The standard InChI is InChI=1S/C14H17BrN2/c1-10-6-11(2)14(13(15)7-10)16-8-12-4-5-17(3)9-12/h4-7,9,16H,8H2,1-3H3. The zero-order chi connectivity index (χ0) is 12.4. The molecule has 2 nitrogen and oxygen atoms in total. The van der Waals surface area contributed by atoms with Gasteiger partial charge in [-0.15, -0.1) is 0 Å². The first-order valence-corrected chi connectivity index (χ1v) is 6.47. The number of benzene rings is 1. The van der Waals surface area contributed by atoms with Crippen LogP contribution in [0.15, 0.2) is 35.1 Å². The number of hydrogen-bond donors (Lipinski definition) is 1. The summed E-state index contributed by atoms with van der Waals surface area (Å²) in [6, 6.07) is 6.46. The molecule has 0 saturated heterocycles. The number of rotatable bonds is 3. The molecule has 2 aromatic rings. The van der Waals surface area contributed by atoms with E-state index in [-0.39, 0.29) is 0 Å². The van der Waals surface area contributed by atoms with Gasteiger partial charge >= 0.3 is 0 Å². The third kappa shape index (κ3) is 2.91. The fourth-order valence-electron chi connectivity index (χ4n) is 2.00. The van der Waals surface area contributed by atoms with Crippen LogP contribution >= 0.6 is 15.9 Å². The predicted molar refractivity (Wildman–Crippen MR) is 76.4 cm³/mol. The van der Waals surface area contributed by atoms with Crippen molar-refractivity contribution in [2.24, 2.45) is 7.05 Å². The lowest BCUT2D eigenvalue weighted by atomic mass is 10.1. The lowest BCUT2D eigenvalue weighted by Gasteiger charge is -2.12. The topological polar surface area (TPSA) is 17.0 Å². The van der Waals surface area contributed by atoms with Crippen molar-refractivity contribution in [1.29, 1.82) is 0 Å². The maximum Gasteiger partial charge on any atom is 0.0517 e. The quantitative estimate of drug-likeness (QED) is 0.904. The highest BCUT2D eigenvalue weighted by Crippen LogP contribution is 2.28. The number of halogens is 1. The smallest absolute Gasteiger partial charge is 0.0517 e. The second-order valence-corrected chi connectivity index (χ2v) is 5.33. The van der Waals surface area contributed by atoms with Crippen molar-refractivity contribution in [2.45, 2.75) is 20.4 Å². The first-order valence-electron chi connectivity index (χ1n) is 5.68. The van der Waals surface area contributed by atoms with Crippen molar-refractivity contribution in [1.82, 2.24) is 4.57 Å². The second kappa shape index (κ2) is 4.96. The molecule has 0 aliphatic rings. The monoisotopic (exact) mass is 292 g/mol. The molecule has 1 aromatic carbocycles. The van der Waals surface area contributed by atoms with Crippen molar-refractivity contribution in [3.8, 4) is 0 Å². The van der Waals surface area contributed by atoms with E-state index < -0.39 is 0 Å². The lowest BCUT2D eigenvalue weighted by Crippen LogP contribution is -2.01. The second-order valence-electron chi connectivity index (χ2n) is 4.48. The van der Waals surface area contributed by atoms with E-state index in [2.05, 4.69) is 70.3 Å². The summed E-state index contributed by atoms with van der Waals surface area (Å²) in [5, 5.41) is 3.48. The van der Waals surface area contributed by atoms with Gasteiger partial charge in [0, 0.05) is 30.5 Å². The van der Waals surface area contributed by atoms with E-state index in [0.29, 0.717) is 0 Å². The maximum absolute atomic E-state index is 3.61. The van der Waals surface area contributed by atoms with Gasteiger partial charge in [-0.1, -0.05) is 6.07 Å². The Hall–Kier alpha value is -1.22. The Labute approximate surface area is 111 Å². The average Bonchev–Trinajstić information content (AvgIpc) is 2.62. The van der Waals surface area contributed by atoms with Gasteiger partial charge in [0.15, 0.2) is 0 Å². The fraction of sp³-hybridized carbons (Fsp3) is 0.286. The Balaban J connectivity index is 2.14. The van der Waals surface area contributed by atoms with Crippen LogP contribution in [-0.4, -0.2) is 4.57 Å². The summed E-state index contributed by atoms with van der Waals surface area (Å²) in [6.45, 7) is 5.09. The summed E-state index contributed by atoms with van der Waals surface area (Å²) in [6.07, 6.45) is 4.19. The SMILES string of the molecule is Cc1cc(C)c(NCc2ccn(C)c2)c(Br)c1. The van der Waals surface area contributed by atoms with Gasteiger partial charge in [-0.3, -0.25) is 0 Å². The highest BCUT2D eigenvalue weighted by atomic mass is 79.9. The van der Waals surface area contributed by atoms with Gasteiger partial charge in [-0.05, 0) is 58.6 Å². The summed E-state index contributed by atoms with van der Waals surface area (Å²) in [4.78, 5) is 0. The fourth-order valence-corrected chi connectivity index (χ4v) is 2.81. The predicted octanol–water partition coefficient (Wildman–Crippen LogP) is 4.02. The molecule has 17 heavy (non-hydrogen) atoms. The maximum atomic E-state index is 3.61. The Morgan fingerprint density at radius 3 is 2.65 bits per heavy atom. The van der Waals surface area contributed by atoms with Gasteiger partial charge in [-0.2, -0.15) is 0 Å². The molecule has 0 aliphatic heterocycles. The Morgan fingerprint density at radius 1 is 1.29 bits per heavy atom. The Bertz CT molecular complexity index is 506. The van der Waals surface area contributed by atoms with E-state index in [9.17, 15) is 0 Å². The summed E-state index contributed by atoms with van der Waals surface area (Å²) in [7, 11) is 2.04. The Kier molecular flexibility index (Phi) is 3.57. The van der Waals surface area contributed by atoms with Crippen LogP contribution < -0.4 is 5.32 Å². The van der Waals surface area contributed by atoms with E-state index in [1.807, 2.05) is 7.05 Å². The molecule has 0 bridgehead atoms. The molecule has 1 aromatic heterocycles. The van der Waals surface area contributed by atoms with E-state index in [4.69, 9.17) is 0 Å². The minimum absolute atomic E-state index is 0.851. The minimum Gasteiger partial charge on any atom is -0.380 e. The molecule has 3 heteroatoms. The molecule has 0 unspecified atom stereocenters. The third-order valence-electron chi connectivity index (χ3n) is 2.79. The van der Waals surface area contributed by atoms with E-state index >= 15 is 0 Å². The van der Waals surface area contributed by atoms with Crippen molar-refractivity contribution >= 4 is 21.6 Å². The molecule has 2 rings (SSSR count). The van der Waals surface area contributed by atoms with Crippen LogP contribution in [0.25, 0.3) is 0 Å². The zero-order valence-corrected chi connectivity index (χ0v) is 12.0. The van der Waals surface area contributed by atoms with Gasteiger partial charge in [0.2, 0.25) is 0 Å². The number of aromatic nitrogens is 1. The van der Waals surface area contributed by atoms with Crippen LogP contribution in [0.4, 0.5) is 5.69 Å². The normalized spacial score (nSPS) is 10.6.